The average Bonchev–Trinajstić information content (AvgIpc) is 3.10. The highest BCUT2D eigenvalue weighted by molar-refractivity contribution is 6.31. The lowest BCUT2D eigenvalue weighted by Crippen LogP contribution is -2.13. The molecule has 0 bridgehead atoms. The van der Waals surface area contributed by atoms with Crippen molar-refractivity contribution in [3.05, 3.63) is 77.1 Å². The molecular weight excluding hydrogens is 355 g/mol. The molecule has 128 valence electrons. The van der Waals surface area contributed by atoms with Crippen LogP contribution in [0.5, 0.6) is 0 Å². The van der Waals surface area contributed by atoms with E-state index in [1.54, 1.807) is 47.4 Å². The fourth-order valence-electron chi connectivity index (χ4n) is 2.21. The molecule has 1 aromatic heterocycles. The van der Waals surface area contributed by atoms with E-state index in [0.717, 1.165) is 17.8 Å². The number of benzene rings is 2. The summed E-state index contributed by atoms with van der Waals surface area (Å²) in [5.74, 6) is -0.525. The summed E-state index contributed by atoms with van der Waals surface area (Å²) in [6, 6.07) is 11.5. The van der Waals surface area contributed by atoms with Gasteiger partial charge in [-0.2, -0.15) is 18.3 Å². The van der Waals surface area contributed by atoms with Gasteiger partial charge in [-0.3, -0.25) is 4.79 Å². The van der Waals surface area contributed by atoms with Gasteiger partial charge in [0.05, 0.1) is 16.3 Å². The Labute approximate surface area is 145 Å². The van der Waals surface area contributed by atoms with Crippen molar-refractivity contribution in [3.63, 3.8) is 0 Å². The monoisotopic (exact) mass is 365 g/mol. The quantitative estimate of drug-likeness (QED) is 0.725. The van der Waals surface area contributed by atoms with Crippen LogP contribution < -0.4 is 5.32 Å². The van der Waals surface area contributed by atoms with Crippen molar-refractivity contribution in [2.75, 3.05) is 5.32 Å². The SMILES string of the molecule is O=C(Nc1ccc(Cl)c(C(F)(F)F)c1)c1ccc(-n2cccn2)cc1. The number of anilines is 1. The van der Waals surface area contributed by atoms with Gasteiger partial charge in [-0.15, -0.1) is 0 Å². The van der Waals surface area contributed by atoms with Crippen molar-refractivity contribution in [1.29, 1.82) is 0 Å². The van der Waals surface area contributed by atoms with Crippen molar-refractivity contribution in [2.45, 2.75) is 6.18 Å². The number of aromatic nitrogens is 2. The van der Waals surface area contributed by atoms with Crippen molar-refractivity contribution in [1.82, 2.24) is 9.78 Å². The number of hydrogen-bond donors (Lipinski definition) is 1. The Balaban J connectivity index is 1.78. The van der Waals surface area contributed by atoms with Gasteiger partial charge in [0.2, 0.25) is 0 Å². The molecule has 0 radical (unpaired) electrons. The number of halogens is 4. The predicted molar refractivity (Wildman–Crippen MR) is 88.0 cm³/mol. The number of nitrogens with zero attached hydrogens (tertiary/aromatic N) is 2. The van der Waals surface area contributed by atoms with Crippen LogP contribution in [0.2, 0.25) is 5.02 Å². The molecule has 0 atom stereocenters. The Morgan fingerprint density at radius 2 is 1.84 bits per heavy atom. The van der Waals surface area contributed by atoms with Crippen molar-refractivity contribution in [3.8, 4) is 5.69 Å². The Morgan fingerprint density at radius 3 is 2.44 bits per heavy atom. The van der Waals surface area contributed by atoms with Gasteiger partial charge < -0.3 is 5.32 Å². The van der Waals surface area contributed by atoms with Gasteiger partial charge in [-0.1, -0.05) is 11.6 Å². The Kier molecular flexibility index (Phi) is 4.50. The first-order valence-corrected chi connectivity index (χ1v) is 7.50. The smallest absolute Gasteiger partial charge is 0.322 e. The fraction of sp³-hybridized carbons (Fsp3) is 0.0588. The van der Waals surface area contributed by atoms with Crippen molar-refractivity contribution in [2.24, 2.45) is 0 Å². The molecule has 4 nitrogen and oxygen atoms in total. The van der Waals surface area contributed by atoms with Crippen LogP contribution in [0.4, 0.5) is 18.9 Å². The maximum Gasteiger partial charge on any atom is 0.417 e. The van der Waals surface area contributed by atoms with E-state index in [1.165, 1.54) is 6.07 Å². The minimum absolute atomic E-state index is 0.0119. The van der Waals surface area contributed by atoms with Gasteiger partial charge in [-0.05, 0) is 48.5 Å². The maximum absolute atomic E-state index is 12.9. The third kappa shape index (κ3) is 3.83. The standard InChI is InChI=1S/C17H11ClF3N3O/c18-15-7-4-12(10-14(15)17(19,20)21)23-16(25)11-2-5-13(6-3-11)24-9-1-8-22-24/h1-10H,(H,23,25). The fourth-order valence-corrected chi connectivity index (χ4v) is 2.44. The van der Waals surface area contributed by atoms with Gasteiger partial charge >= 0.3 is 6.18 Å². The molecule has 0 spiro atoms. The van der Waals surface area contributed by atoms with Gasteiger partial charge in [0.1, 0.15) is 0 Å². The molecule has 0 saturated carbocycles. The molecular formula is C17H11ClF3N3O. The summed E-state index contributed by atoms with van der Waals surface area (Å²) in [5.41, 5.74) is 0.0747. The summed E-state index contributed by atoms with van der Waals surface area (Å²) in [4.78, 5) is 12.2. The molecule has 0 saturated heterocycles. The Hall–Kier alpha value is -2.80. The van der Waals surface area contributed by atoms with E-state index in [1.807, 2.05) is 0 Å². The highest BCUT2D eigenvalue weighted by Crippen LogP contribution is 2.36. The minimum atomic E-state index is -4.59. The summed E-state index contributed by atoms with van der Waals surface area (Å²) in [5, 5.41) is 6.08. The number of carbonyl (C=O) groups is 1. The van der Waals surface area contributed by atoms with Gasteiger partial charge in [0.15, 0.2) is 0 Å². The molecule has 0 aliphatic carbocycles. The first-order valence-electron chi connectivity index (χ1n) is 7.13. The Morgan fingerprint density at radius 1 is 1.12 bits per heavy atom. The topological polar surface area (TPSA) is 46.9 Å². The average molecular weight is 366 g/mol. The second-order valence-electron chi connectivity index (χ2n) is 5.14. The number of amides is 1. The van der Waals surface area contributed by atoms with Crippen LogP contribution in [0.1, 0.15) is 15.9 Å². The van der Waals surface area contributed by atoms with Crippen LogP contribution in [0.25, 0.3) is 5.69 Å². The van der Waals surface area contributed by atoms with Crippen molar-refractivity contribution < 1.29 is 18.0 Å². The molecule has 3 aromatic rings. The summed E-state index contributed by atoms with van der Waals surface area (Å²) < 4.78 is 40.2. The van der Waals surface area contributed by atoms with E-state index in [4.69, 9.17) is 11.6 Å². The molecule has 25 heavy (non-hydrogen) atoms. The largest absolute Gasteiger partial charge is 0.417 e. The molecule has 0 fully saturated rings. The van der Waals surface area contributed by atoms with Crippen LogP contribution >= 0.6 is 11.6 Å². The molecule has 0 aliphatic rings. The van der Waals surface area contributed by atoms with Crippen LogP contribution in [0, 0.1) is 0 Å². The highest BCUT2D eigenvalue weighted by Gasteiger charge is 2.33. The van der Waals surface area contributed by atoms with Crippen LogP contribution in [0.3, 0.4) is 0 Å². The molecule has 1 N–H and O–H groups in total. The number of nitrogens with one attached hydrogen (secondary N) is 1. The van der Waals surface area contributed by atoms with Crippen LogP contribution in [-0.4, -0.2) is 15.7 Å². The van der Waals surface area contributed by atoms with E-state index in [-0.39, 0.29) is 5.69 Å². The van der Waals surface area contributed by atoms with Crippen LogP contribution in [0.15, 0.2) is 60.9 Å². The number of hydrogen-bond acceptors (Lipinski definition) is 2. The zero-order valence-electron chi connectivity index (χ0n) is 12.6. The first kappa shape index (κ1) is 17.0. The number of carbonyl (C=O) groups excluding carboxylic acids is 1. The lowest BCUT2D eigenvalue weighted by atomic mass is 10.1. The molecule has 0 aliphatic heterocycles. The lowest BCUT2D eigenvalue weighted by Gasteiger charge is -2.12. The number of rotatable bonds is 3. The van der Waals surface area contributed by atoms with Gasteiger partial charge in [0, 0.05) is 23.6 Å². The molecule has 3 rings (SSSR count). The summed E-state index contributed by atoms with van der Waals surface area (Å²) in [7, 11) is 0. The van der Waals surface area contributed by atoms with E-state index in [9.17, 15) is 18.0 Å². The highest BCUT2D eigenvalue weighted by atomic mass is 35.5. The normalized spacial score (nSPS) is 11.4. The first-order chi connectivity index (χ1) is 11.8. The molecule has 8 heteroatoms. The molecule has 1 heterocycles. The summed E-state index contributed by atoms with van der Waals surface area (Å²) in [6.07, 6.45) is -1.22. The predicted octanol–water partition coefficient (Wildman–Crippen LogP) is 4.80. The van der Waals surface area contributed by atoms with E-state index < -0.39 is 22.7 Å². The third-order valence-electron chi connectivity index (χ3n) is 3.43. The molecule has 2 aromatic carbocycles. The second kappa shape index (κ2) is 6.60. The maximum atomic E-state index is 12.9. The second-order valence-corrected chi connectivity index (χ2v) is 5.55. The molecule has 1 amide bonds. The third-order valence-corrected chi connectivity index (χ3v) is 3.76. The molecule has 0 unspecified atom stereocenters. The minimum Gasteiger partial charge on any atom is -0.322 e. The summed E-state index contributed by atoms with van der Waals surface area (Å²) >= 11 is 5.56. The zero-order chi connectivity index (χ0) is 18.0. The van der Waals surface area contributed by atoms with E-state index in [0.29, 0.717) is 5.56 Å². The Bertz CT molecular complexity index is 891. The van der Waals surface area contributed by atoms with Gasteiger partial charge in [0.25, 0.3) is 5.91 Å². The van der Waals surface area contributed by atoms with Crippen LogP contribution in [-0.2, 0) is 6.18 Å². The summed E-state index contributed by atoms with van der Waals surface area (Å²) in [6.45, 7) is 0. The number of alkyl halides is 3. The van der Waals surface area contributed by atoms with Gasteiger partial charge in [-0.25, -0.2) is 4.68 Å². The zero-order valence-corrected chi connectivity index (χ0v) is 13.3. The van der Waals surface area contributed by atoms with E-state index >= 15 is 0 Å². The lowest BCUT2D eigenvalue weighted by molar-refractivity contribution is -0.137. The van der Waals surface area contributed by atoms with E-state index in [2.05, 4.69) is 10.4 Å². The van der Waals surface area contributed by atoms with Crippen molar-refractivity contribution >= 4 is 23.2 Å².